The highest BCUT2D eigenvalue weighted by Crippen LogP contribution is 2.40. The predicted molar refractivity (Wildman–Crippen MR) is 75.1 cm³/mol. The Balaban J connectivity index is 1.66. The van der Waals surface area contributed by atoms with E-state index in [4.69, 9.17) is 4.74 Å². The Labute approximate surface area is 114 Å². The second-order valence-electron chi connectivity index (χ2n) is 5.16. The summed E-state index contributed by atoms with van der Waals surface area (Å²) in [5, 5.41) is 6.19. The highest BCUT2D eigenvalue weighted by molar-refractivity contribution is 5.78. The third kappa shape index (κ3) is 4.33. The molecule has 1 fully saturated rings. The summed E-state index contributed by atoms with van der Waals surface area (Å²) in [4.78, 5) is 11.7. The topological polar surface area (TPSA) is 50.4 Å². The van der Waals surface area contributed by atoms with Crippen molar-refractivity contribution in [2.75, 3.05) is 20.3 Å². The maximum Gasteiger partial charge on any atom is 0.234 e. The van der Waals surface area contributed by atoms with Crippen molar-refractivity contribution in [3.05, 3.63) is 35.9 Å². The largest absolute Gasteiger partial charge is 0.383 e. The van der Waals surface area contributed by atoms with Gasteiger partial charge in [-0.1, -0.05) is 30.3 Å². The lowest BCUT2D eigenvalue weighted by molar-refractivity contribution is -0.121. The summed E-state index contributed by atoms with van der Waals surface area (Å²) in [6, 6.07) is 10.9. The molecule has 0 aromatic heterocycles. The van der Waals surface area contributed by atoms with E-state index in [9.17, 15) is 4.79 Å². The molecular formula is C15H22N2O2. The average Bonchev–Trinajstić information content (AvgIpc) is 3.17. The molecule has 1 aromatic carbocycles. The summed E-state index contributed by atoms with van der Waals surface area (Å²) in [6.07, 6.45) is 1.12. The molecule has 0 bridgehead atoms. The highest BCUT2D eigenvalue weighted by atomic mass is 16.5. The fraction of sp³-hybridized carbons (Fsp3) is 0.533. The van der Waals surface area contributed by atoms with Crippen LogP contribution in [0.4, 0.5) is 0 Å². The monoisotopic (exact) mass is 262 g/mol. The number of rotatable bonds is 7. The number of benzene rings is 1. The SMILES string of the molecule is COCC(C)NC(=O)CNC1CC1c1ccccc1. The molecule has 3 unspecified atom stereocenters. The van der Waals surface area contributed by atoms with Gasteiger partial charge in [-0.05, 0) is 18.9 Å². The van der Waals surface area contributed by atoms with E-state index in [0.29, 0.717) is 25.1 Å². The molecule has 1 amide bonds. The predicted octanol–water partition coefficient (Wildman–Crippen LogP) is 1.28. The van der Waals surface area contributed by atoms with Crippen molar-refractivity contribution in [3.63, 3.8) is 0 Å². The Morgan fingerprint density at radius 2 is 2.16 bits per heavy atom. The molecule has 0 heterocycles. The van der Waals surface area contributed by atoms with Gasteiger partial charge in [0.15, 0.2) is 0 Å². The molecule has 0 aliphatic heterocycles. The molecular weight excluding hydrogens is 240 g/mol. The number of amides is 1. The Morgan fingerprint density at radius 3 is 2.84 bits per heavy atom. The van der Waals surface area contributed by atoms with Crippen LogP contribution in [-0.4, -0.2) is 38.3 Å². The zero-order valence-corrected chi connectivity index (χ0v) is 11.6. The maximum absolute atomic E-state index is 11.7. The Kier molecular flexibility index (Phi) is 4.93. The number of hydrogen-bond acceptors (Lipinski definition) is 3. The van der Waals surface area contributed by atoms with Gasteiger partial charge >= 0.3 is 0 Å². The van der Waals surface area contributed by atoms with Crippen molar-refractivity contribution in [1.82, 2.24) is 10.6 Å². The van der Waals surface area contributed by atoms with Crippen LogP contribution in [0.1, 0.15) is 24.8 Å². The fourth-order valence-corrected chi connectivity index (χ4v) is 2.33. The van der Waals surface area contributed by atoms with Gasteiger partial charge in [0.2, 0.25) is 5.91 Å². The molecule has 2 rings (SSSR count). The van der Waals surface area contributed by atoms with E-state index >= 15 is 0 Å². The van der Waals surface area contributed by atoms with Crippen molar-refractivity contribution in [3.8, 4) is 0 Å². The van der Waals surface area contributed by atoms with Gasteiger partial charge in [-0.15, -0.1) is 0 Å². The van der Waals surface area contributed by atoms with Gasteiger partial charge in [0.05, 0.1) is 13.2 Å². The van der Waals surface area contributed by atoms with Crippen LogP contribution in [0, 0.1) is 0 Å². The number of ether oxygens (including phenoxy) is 1. The van der Waals surface area contributed by atoms with Crippen molar-refractivity contribution >= 4 is 5.91 Å². The smallest absolute Gasteiger partial charge is 0.234 e. The van der Waals surface area contributed by atoms with Gasteiger partial charge in [0, 0.05) is 25.1 Å². The van der Waals surface area contributed by atoms with Crippen LogP contribution >= 0.6 is 0 Å². The van der Waals surface area contributed by atoms with Crippen LogP contribution in [0.2, 0.25) is 0 Å². The van der Waals surface area contributed by atoms with E-state index in [-0.39, 0.29) is 11.9 Å². The molecule has 1 aliphatic rings. The molecule has 0 saturated heterocycles. The standard InChI is InChI=1S/C15H22N2O2/c1-11(10-19-2)17-15(18)9-16-14-8-13(14)12-6-4-3-5-7-12/h3-7,11,13-14,16H,8-10H2,1-2H3,(H,17,18). The summed E-state index contributed by atoms with van der Waals surface area (Å²) in [5.41, 5.74) is 1.35. The Hall–Kier alpha value is -1.39. The van der Waals surface area contributed by atoms with E-state index in [1.54, 1.807) is 7.11 Å². The zero-order chi connectivity index (χ0) is 13.7. The second-order valence-corrected chi connectivity index (χ2v) is 5.16. The first-order chi connectivity index (χ1) is 9.20. The van der Waals surface area contributed by atoms with Crippen LogP contribution in [0.5, 0.6) is 0 Å². The lowest BCUT2D eigenvalue weighted by Crippen LogP contribution is -2.41. The summed E-state index contributed by atoms with van der Waals surface area (Å²) < 4.78 is 4.98. The first-order valence-electron chi connectivity index (χ1n) is 6.77. The molecule has 4 heteroatoms. The van der Waals surface area contributed by atoms with Crippen molar-refractivity contribution in [2.45, 2.75) is 31.3 Å². The maximum atomic E-state index is 11.7. The quantitative estimate of drug-likeness (QED) is 0.778. The van der Waals surface area contributed by atoms with Crippen LogP contribution in [-0.2, 0) is 9.53 Å². The molecule has 1 aromatic rings. The minimum absolute atomic E-state index is 0.0308. The first kappa shape index (κ1) is 14.0. The van der Waals surface area contributed by atoms with E-state index in [0.717, 1.165) is 6.42 Å². The van der Waals surface area contributed by atoms with Gasteiger partial charge in [-0.2, -0.15) is 0 Å². The molecule has 0 radical (unpaired) electrons. The van der Waals surface area contributed by atoms with Crippen molar-refractivity contribution in [1.29, 1.82) is 0 Å². The Bertz CT molecular complexity index is 408. The van der Waals surface area contributed by atoms with Crippen molar-refractivity contribution < 1.29 is 9.53 Å². The zero-order valence-electron chi connectivity index (χ0n) is 11.6. The lowest BCUT2D eigenvalue weighted by atomic mass is 10.1. The van der Waals surface area contributed by atoms with E-state index < -0.39 is 0 Å². The average molecular weight is 262 g/mol. The molecule has 3 atom stereocenters. The second kappa shape index (κ2) is 6.68. The Morgan fingerprint density at radius 1 is 1.42 bits per heavy atom. The fourth-order valence-electron chi connectivity index (χ4n) is 2.33. The van der Waals surface area contributed by atoms with Crippen molar-refractivity contribution in [2.24, 2.45) is 0 Å². The normalized spacial score (nSPS) is 22.8. The van der Waals surface area contributed by atoms with Crippen LogP contribution in [0.15, 0.2) is 30.3 Å². The number of hydrogen-bond donors (Lipinski definition) is 2. The minimum atomic E-state index is 0.0308. The van der Waals surface area contributed by atoms with Gasteiger partial charge < -0.3 is 15.4 Å². The molecule has 0 spiro atoms. The molecule has 104 valence electrons. The van der Waals surface area contributed by atoms with Gasteiger partial charge in [-0.3, -0.25) is 4.79 Å². The van der Waals surface area contributed by atoms with Gasteiger partial charge in [0.1, 0.15) is 0 Å². The third-order valence-electron chi connectivity index (χ3n) is 3.37. The number of nitrogens with one attached hydrogen (secondary N) is 2. The molecule has 4 nitrogen and oxygen atoms in total. The summed E-state index contributed by atoms with van der Waals surface area (Å²) in [7, 11) is 1.63. The molecule has 1 saturated carbocycles. The summed E-state index contributed by atoms with van der Waals surface area (Å²) >= 11 is 0. The van der Waals surface area contributed by atoms with Crippen LogP contribution in [0.3, 0.4) is 0 Å². The highest BCUT2D eigenvalue weighted by Gasteiger charge is 2.37. The molecule has 19 heavy (non-hydrogen) atoms. The lowest BCUT2D eigenvalue weighted by Gasteiger charge is -2.13. The van der Waals surface area contributed by atoms with E-state index in [1.165, 1.54) is 5.56 Å². The number of methoxy groups -OCH3 is 1. The van der Waals surface area contributed by atoms with Crippen LogP contribution in [0.25, 0.3) is 0 Å². The first-order valence-corrected chi connectivity index (χ1v) is 6.77. The number of carbonyl (C=O) groups excluding carboxylic acids is 1. The minimum Gasteiger partial charge on any atom is -0.383 e. The third-order valence-corrected chi connectivity index (χ3v) is 3.37. The molecule has 1 aliphatic carbocycles. The van der Waals surface area contributed by atoms with E-state index in [2.05, 4.69) is 34.9 Å². The molecule has 2 N–H and O–H groups in total. The van der Waals surface area contributed by atoms with Crippen LogP contribution < -0.4 is 10.6 Å². The van der Waals surface area contributed by atoms with Gasteiger partial charge in [-0.25, -0.2) is 0 Å². The van der Waals surface area contributed by atoms with Gasteiger partial charge in [0.25, 0.3) is 0 Å². The van der Waals surface area contributed by atoms with E-state index in [1.807, 2.05) is 13.0 Å². The number of carbonyl (C=O) groups is 1. The summed E-state index contributed by atoms with van der Waals surface area (Å²) in [6.45, 7) is 2.86. The summed E-state index contributed by atoms with van der Waals surface area (Å²) in [5.74, 6) is 0.591.